The number of rotatable bonds is 5. The predicted molar refractivity (Wildman–Crippen MR) is 127 cm³/mol. The van der Waals surface area contributed by atoms with Gasteiger partial charge in [-0.25, -0.2) is 0 Å². The molecule has 0 bridgehead atoms. The summed E-state index contributed by atoms with van der Waals surface area (Å²) in [5.74, 6) is 0. The fourth-order valence-corrected chi connectivity index (χ4v) is 4.32. The van der Waals surface area contributed by atoms with E-state index in [1.54, 1.807) is 11.9 Å². The van der Waals surface area contributed by atoms with Crippen molar-refractivity contribution in [3.05, 3.63) is 83.8 Å². The molecule has 3 heteroatoms. The van der Waals surface area contributed by atoms with Gasteiger partial charge < -0.3 is 10.5 Å². The summed E-state index contributed by atoms with van der Waals surface area (Å²) < 4.78 is 3.59. The molecule has 0 spiro atoms. The van der Waals surface area contributed by atoms with Gasteiger partial charge in [-0.3, -0.25) is 0 Å². The molecule has 4 aromatic rings. The lowest BCUT2D eigenvalue weighted by atomic mass is 9.91. The first-order valence-electron chi connectivity index (χ1n) is 9.60. The normalized spacial score (nSPS) is 11.9. The van der Waals surface area contributed by atoms with Crippen LogP contribution in [0.3, 0.4) is 0 Å². The number of nitrogens with two attached hydrogens (primary N) is 1. The molecule has 0 heterocycles. The number of hydrogen-bond donors (Lipinski definition) is 2. The van der Waals surface area contributed by atoms with E-state index >= 15 is 0 Å². The van der Waals surface area contributed by atoms with Crippen molar-refractivity contribution in [2.75, 3.05) is 10.5 Å². The van der Waals surface area contributed by atoms with E-state index in [2.05, 4.69) is 91.4 Å². The van der Waals surface area contributed by atoms with Gasteiger partial charge in [-0.2, -0.15) is 0 Å². The van der Waals surface area contributed by atoms with Crippen LogP contribution in [0.15, 0.2) is 83.8 Å². The van der Waals surface area contributed by atoms with Crippen LogP contribution in [-0.2, 0) is 0 Å². The van der Waals surface area contributed by atoms with Gasteiger partial charge in [-0.15, -0.1) is 0 Å². The second-order valence-corrected chi connectivity index (χ2v) is 7.71. The Hall–Kier alpha value is -2.91. The first-order chi connectivity index (χ1) is 13.7. The van der Waals surface area contributed by atoms with Crippen molar-refractivity contribution < 1.29 is 0 Å². The Labute approximate surface area is 170 Å². The van der Waals surface area contributed by atoms with Crippen molar-refractivity contribution in [3.8, 4) is 11.1 Å². The number of anilines is 2. The molecule has 0 saturated heterocycles. The molecule has 140 valence electrons. The van der Waals surface area contributed by atoms with Gasteiger partial charge in [-0.05, 0) is 59.0 Å². The second-order valence-electron chi connectivity index (χ2n) is 6.77. The van der Waals surface area contributed by atoms with Crippen LogP contribution >= 0.6 is 11.9 Å². The zero-order chi connectivity index (χ0) is 19.5. The summed E-state index contributed by atoms with van der Waals surface area (Å²) in [7, 11) is 0. The molecule has 4 rings (SSSR count). The third kappa shape index (κ3) is 3.34. The first kappa shape index (κ1) is 18.5. The zero-order valence-corrected chi connectivity index (χ0v) is 17.0. The summed E-state index contributed by atoms with van der Waals surface area (Å²) in [6.07, 6.45) is 3.16. The van der Waals surface area contributed by atoms with Crippen LogP contribution in [0.25, 0.3) is 32.7 Å². The lowest BCUT2D eigenvalue weighted by molar-refractivity contribution is 1.19. The van der Waals surface area contributed by atoms with Gasteiger partial charge >= 0.3 is 0 Å². The molecular formula is C25H24N2S. The molecule has 0 aliphatic carbocycles. The third-order valence-electron chi connectivity index (χ3n) is 5.10. The number of hydrogen-bond acceptors (Lipinski definition) is 3. The molecule has 0 saturated carbocycles. The van der Waals surface area contributed by atoms with E-state index in [0.29, 0.717) is 0 Å². The molecule has 0 unspecified atom stereocenters. The van der Waals surface area contributed by atoms with Crippen molar-refractivity contribution in [1.82, 2.24) is 0 Å². The average Bonchev–Trinajstić information content (AvgIpc) is 2.74. The van der Waals surface area contributed by atoms with Gasteiger partial charge in [0, 0.05) is 21.7 Å². The van der Waals surface area contributed by atoms with E-state index in [-0.39, 0.29) is 0 Å². The van der Waals surface area contributed by atoms with Crippen LogP contribution in [0, 0.1) is 0 Å². The quantitative estimate of drug-likeness (QED) is 0.274. The van der Waals surface area contributed by atoms with Gasteiger partial charge in [-0.1, -0.05) is 73.7 Å². The van der Waals surface area contributed by atoms with Crippen molar-refractivity contribution in [2.45, 2.75) is 20.3 Å². The summed E-state index contributed by atoms with van der Waals surface area (Å²) >= 11 is 1.67. The van der Waals surface area contributed by atoms with E-state index < -0.39 is 0 Å². The van der Waals surface area contributed by atoms with E-state index in [1.807, 2.05) is 6.07 Å². The van der Waals surface area contributed by atoms with Crippen LogP contribution in [0.5, 0.6) is 0 Å². The Morgan fingerprint density at radius 1 is 0.857 bits per heavy atom. The average molecular weight is 385 g/mol. The lowest BCUT2D eigenvalue weighted by Crippen LogP contribution is -1.97. The van der Waals surface area contributed by atoms with Crippen molar-refractivity contribution in [1.29, 1.82) is 0 Å². The highest BCUT2D eigenvalue weighted by atomic mass is 32.2. The Kier molecular flexibility index (Phi) is 5.27. The number of allylic oxidation sites excluding steroid dienone is 2. The summed E-state index contributed by atoms with van der Waals surface area (Å²) in [5, 5.41) is 4.78. The van der Waals surface area contributed by atoms with E-state index in [1.165, 1.54) is 26.5 Å². The van der Waals surface area contributed by atoms with Crippen molar-refractivity contribution in [2.24, 2.45) is 0 Å². The molecule has 0 amide bonds. The molecule has 0 aliphatic rings. The maximum absolute atomic E-state index is 6.54. The maximum Gasteiger partial charge on any atom is 0.0529 e. The van der Waals surface area contributed by atoms with Gasteiger partial charge in [0.2, 0.25) is 0 Å². The number of benzene rings is 4. The highest BCUT2D eigenvalue weighted by Gasteiger charge is 2.16. The smallest absolute Gasteiger partial charge is 0.0529 e. The SMILES string of the molecule is C/C=C(\CC)SNc1ccc2ccccc2c1-c1c(N)ccc2ccccc12. The van der Waals surface area contributed by atoms with Crippen molar-refractivity contribution >= 4 is 44.9 Å². The highest BCUT2D eigenvalue weighted by molar-refractivity contribution is 8.04. The molecule has 0 radical (unpaired) electrons. The molecule has 0 aliphatic heterocycles. The number of nitrogens with one attached hydrogen (secondary N) is 1. The first-order valence-corrected chi connectivity index (χ1v) is 10.4. The minimum absolute atomic E-state index is 0.796. The van der Waals surface area contributed by atoms with E-state index in [9.17, 15) is 0 Å². The fourth-order valence-electron chi connectivity index (χ4n) is 3.65. The number of nitrogen functional groups attached to an aromatic ring is 1. The largest absolute Gasteiger partial charge is 0.398 e. The minimum Gasteiger partial charge on any atom is -0.398 e. The second kappa shape index (κ2) is 7.99. The van der Waals surface area contributed by atoms with Gasteiger partial charge in [0.05, 0.1) is 5.69 Å². The third-order valence-corrected chi connectivity index (χ3v) is 6.21. The van der Waals surface area contributed by atoms with Gasteiger partial charge in [0.1, 0.15) is 0 Å². The molecule has 0 atom stereocenters. The Morgan fingerprint density at radius 3 is 2.11 bits per heavy atom. The molecule has 2 nitrogen and oxygen atoms in total. The predicted octanol–water partition coefficient (Wildman–Crippen LogP) is 7.62. The standard InChI is InChI=1S/C25H24N2S/c1-3-19(4-2)28-27-23-16-14-18-10-6-8-12-21(18)25(23)24-20-11-7-5-9-17(20)13-15-22(24)26/h3,5-16,27H,4,26H2,1-2H3/b19-3+. The van der Waals surface area contributed by atoms with Crippen molar-refractivity contribution in [3.63, 3.8) is 0 Å². The molecule has 28 heavy (non-hydrogen) atoms. The molecule has 0 fully saturated rings. The summed E-state index contributed by atoms with van der Waals surface area (Å²) in [6.45, 7) is 4.26. The summed E-state index contributed by atoms with van der Waals surface area (Å²) in [4.78, 5) is 1.31. The Bertz CT molecular complexity index is 1180. The summed E-state index contributed by atoms with van der Waals surface area (Å²) in [5.41, 5.74) is 10.7. The topological polar surface area (TPSA) is 38.0 Å². The van der Waals surface area contributed by atoms with Crippen LogP contribution in [0.4, 0.5) is 11.4 Å². The maximum atomic E-state index is 6.54. The zero-order valence-electron chi connectivity index (χ0n) is 16.2. The van der Waals surface area contributed by atoms with E-state index in [4.69, 9.17) is 5.73 Å². The number of fused-ring (bicyclic) bond motifs is 2. The molecule has 4 aromatic carbocycles. The van der Waals surface area contributed by atoms with Crippen LogP contribution in [0.1, 0.15) is 20.3 Å². The van der Waals surface area contributed by atoms with Crippen LogP contribution in [-0.4, -0.2) is 0 Å². The van der Waals surface area contributed by atoms with Crippen LogP contribution < -0.4 is 10.5 Å². The van der Waals surface area contributed by atoms with Crippen LogP contribution in [0.2, 0.25) is 0 Å². The van der Waals surface area contributed by atoms with Gasteiger partial charge in [0.25, 0.3) is 0 Å². The highest BCUT2D eigenvalue weighted by Crippen LogP contribution is 2.43. The fraction of sp³-hybridized carbons (Fsp3) is 0.120. The van der Waals surface area contributed by atoms with E-state index in [0.717, 1.165) is 28.9 Å². The molecule has 3 N–H and O–H groups in total. The monoisotopic (exact) mass is 384 g/mol. The minimum atomic E-state index is 0.796. The Morgan fingerprint density at radius 2 is 1.46 bits per heavy atom. The molecular weight excluding hydrogens is 360 g/mol. The molecule has 0 aromatic heterocycles. The Balaban J connectivity index is 2.00. The summed E-state index contributed by atoms with van der Waals surface area (Å²) in [6, 6.07) is 25.4. The lowest BCUT2D eigenvalue weighted by Gasteiger charge is -2.18. The van der Waals surface area contributed by atoms with Gasteiger partial charge in [0.15, 0.2) is 0 Å².